The number of fused-ring (bicyclic) bond motifs is 1. The maximum atomic E-state index is 14.2. The Morgan fingerprint density at radius 1 is 1.22 bits per heavy atom. The minimum atomic E-state index is -3.87. The Balaban J connectivity index is 2.10. The molecule has 23 heavy (non-hydrogen) atoms. The zero-order chi connectivity index (χ0) is 16.8. The van der Waals surface area contributed by atoms with Crippen molar-refractivity contribution in [3.05, 3.63) is 58.9 Å². The molecule has 0 atom stereocenters. The highest BCUT2D eigenvalue weighted by Crippen LogP contribution is 2.33. The lowest BCUT2D eigenvalue weighted by Gasteiger charge is -2.30. The molecule has 0 unspecified atom stereocenters. The highest BCUT2D eigenvalue weighted by molar-refractivity contribution is 7.93. The van der Waals surface area contributed by atoms with Crippen molar-refractivity contribution in [3.63, 3.8) is 0 Å². The van der Waals surface area contributed by atoms with Crippen molar-refractivity contribution >= 4 is 21.7 Å². The average molecular weight is 335 g/mol. The maximum Gasteiger partial charge on any atom is 0.335 e. The molecular weight excluding hydrogens is 321 g/mol. The molecule has 2 aromatic rings. The number of aryl methyl sites for hydroxylation is 1. The smallest absolute Gasteiger partial charge is 0.335 e. The molecule has 1 aliphatic heterocycles. The third-order valence-corrected chi connectivity index (χ3v) is 5.73. The Morgan fingerprint density at radius 3 is 2.61 bits per heavy atom. The fourth-order valence-corrected chi connectivity index (χ4v) is 4.47. The van der Waals surface area contributed by atoms with Crippen LogP contribution in [-0.2, 0) is 16.4 Å². The van der Waals surface area contributed by atoms with E-state index in [2.05, 4.69) is 0 Å². The van der Waals surface area contributed by atoms with E-state index in [1.54, 1.807) is 19.1 Å². The normalized spacial score (nSPS) is 16.0. The average Bonchev–Trinajstić information content (AvgIpc) is 2.48. The Labute approximate surface area is 133 Å². The van der Waals surface area contributed by atoms with Gasteiger partial charge in [0.15, 0.2) is 0 Å². The van der Waals surface area contributed by atoms with Gasteiger partial charge in [-0.3, -0.25) is 4.31 Å². The molecule has 0 aliphatic carbocycles. The summed E-state index contributed by atoms with van der Waals surface area (Å²) in [6, 6.07) is 8.40. The molecule has 0 bridgehead atoms. The molecule has 0 radical (unpaired) electrons. The van der Waals surface area contributed by atoms with Gasteiger partial charge in [-0.2, -0.15) is 0 Å². The number of halogens is 1. The van der Waals surface area contributed by atoms with Gasteiger partial charge in [0.1, 0.15) is 5.82 Å². The number of benzene rings is 2. The van der Waals surface area contributed by atoms with E-state index in [-0.39, 0.29) is 22.7 Å². The predicted octanol–water partition coefficient (Wildman–Crippen LogP) is 2.58. The minimum absolute atomic E-state index is 0.113. The largest absolute Gasteiger partial charge is 0.478 e. The minimum Gasteiger partial charge on any atom is -0.478 e. The van der Waals surface area contributed by atoms with Gasteiger partial charge in [0.05, 0.1) is 16.1 Å². The van der Waals surface area contributed by atoms with Crippen LogP contribution in [0.3, 0.4) is 0 Å². The third-order valence-electron chi connectivity index (χ3n) is 3.84. The van der Waals surface area contributed by atoms with Gasteiger partial charge in [-0.1, -0.05) is 12.1 Å². The second-order valence-electron chi connectivity index (χ2n) is 5.41. The van der Waals surface area contributed by atoms with Gasteiger partial charge < -0.3 is 5.11 Å². The molecule has 0 spiro atoms. The zero-order valence-corrected chi connectivity index (χ0v) is 13.1. The number of sulfonamides is 1. The molecule has 0 aromatic heterocycles. The first-order valence-electron chi connectivity index (χ1n) is 6.96. The monoisotopic (exact) mass is 335 g/mol. The van der Waals surface area contributed by atoms with E-state index in [1.165, 1.54) is 12.1 Å². The quantitative estimate of drug-likeness (QED) is 0.915. The summed E-state index contributed by atoms with van der Waals surface area (Å²) < 4.78 is 40.8. The predicted molar refractivity (Wildman–Crippen MR) is 82.8 cm³/mol. The van der Waals surface area contributed by atoms with E-state index in [4.69, 9.17) is 5.11 Å². The van der Waals surface area contributed by atoms with Crippen LogP contribution in [0.1, 0.15) is 21.5 Å². The second-order valence-corrected chi connectivity index (χ2v) is 7.24. The SMILES string of the molecule is Cc1ccc2c(c1)S(=O)(=O)N(c1ccc(C(=O)O)cc1F)CC2. The lowest BCUT2D eigenvalue weighted by molar-refractivity contribution is 0.0696. The summed E-state index contributed by atoms with van der Waals surface area (Å²) in [5.41, 5.74) is 1.14. The van der Waals surface area contributed by atoms with Crippen molar-refractivity contribution in [2.24, 2.45) is 0 Å². The molecule has 3 rings (SSSR count). The van der Waals surface area contributed by atoms with Crippen LogP contribution in [0.2, 0.25) is 0 Å². The molecule has 0 fully saturated rings. The van der Waals surface area contributed by atoms with Crippen molar-refractivity contribution in [3.8, 4) is 0 Å². The van der Waals surface area contributed by atoms with Crippen LogP contribution < -0.4 is 4.31 Å². The van der Waals surface area contributed by atoms with Gasteiger partial charge >= 0.3 is 5.97 Å². The molecule has 120 valence electrons. The van der Waals surface area contributed by atoms with Gasteiger partial charge in [-0.25, -0.2) is 17.6 Å². The van der Waals surface area contributed by atoms with Crippen LogP contribution >= 0.6 is 0 Å². The zero-order valence-electron chi connectivity index (χ0n) is 12.3. The van der Waals surface area contributed by atoms with Crippen molar-refractivity contribution in [2.75, 3.05) is 10.8 Å². The standard InChI is InChI=1S/C16H14FNO4S/c1-10-2-3-11-6-7-18(23(21,22)15(11)8-10)14-5-4-12(16(19)20)9-13(14)17/h2-5,8-9H,6-7H2,1H3,(H,19,20). The van der Waals surface area contributed by atoms with Gasteiger partial charge in [0.2, 0.25) is 0 Å². The molecule has 0 saturated heterocycles. The van der Waals surface area contributed by atoms with E-state index in [0.29, 0.717) is 12.0 Å². The third kappa shape index (κ3) is 2.57. The molecular formula is C16H14FNO4S. The van der Waals surface area contributed by atoms with Crippen LogP contribution in [0.15, 0.2) is 41.3 Å². The van der Waals surface area contributed by atoms with Crippen LogP contribution in [0.4, 0.5) is 10.1 Å². The molecule has 1 N–H and O–H groups in total. The number of aromatic carboxylic acids is 1. The van der Waals surface area contributed by atoms with Crippen molar-refractivity contribution in [1.29, 1.82) is 0 Å². The van der Waals surface area contributed by atoms with Gasteiger partial charge in [0, 0.05) is 6.54 Å². The van der Waals surface area contributed by atoms with Gasteiger partial charge in [-0.15, -0.1) is 0 Å². The van der Waals surface area contributed by atoms with E-state index < -0.39 is 21.8 Å². The Bertz CT molecular complexity index is 908. The number of hydrogen-bond donors (Lipinski definition) is 1. The van der Waals surface area contributed by atoms with E-state index in [9.17, 15) is 17.6 Å². The van der Waals surface area contributed by atoms with Crippen molar-refractivity contribution in [1.82, 2.24) is 0 Å². The lowest BCUT2D eigenvalue weighted by atomic mass is 10.1. The van der Waals surface area contributed by atoms with Gasteiger partial charge in [0.25, 0.3) is 10.0 Å². The summed E-state index contributed by atoms with van der Waals surface area (Å²) in [4.78, 5) is 11.0. The Kier molecular flexibility index (Phi) is 3.60. The van der Waals surface area contributed by atoms with Crippen LogP contribution in [0.5, 0.6) is 0 Å². The Hall–Kier alpha value is -2.41. The summed E-state index contributed by atoms with van der Waals surface area (Å²) in [6.07, 6.45) is 0.467. The first kappa shape index (κ1) is 15.5. The summed E-state index contributed by atoms with van der Waals surface area (Å²) in [7, 11) is -3.87. The summed E-state index contributed by atoms with van der Waals surface area (Å²) in [5, 5.41) is 8.88. The number of hydrogen-bond acceptors (Lipinski definition) is 3. The number of carbonyl (C=O) groups is 1. The van der Waals surface area contributed by atoms with E-state index >= 15 is 0 Å². The topological polar surface area (TPSA) is 74.7 Å². The fourth-order valence-electron chi connectivity index (χ4n) is 2.66. The number of carboxylic acid groups (broad SMARTS) is 1. The van der Waals surface area contributed by atoms with Crippen LogP contribution in [-0.4, -0.2) is 26.0 Å². The maximum absolute atomic E-state index is 14.2. The van der Waals surface area contributed by atoms with Crippen LogP contribution in [0.25, 0.3) is 0 Å². The number of rotatable bonds is 2. The number of nitrogens with zero attached hydrogens (tertiary/aromatic N) is 1. The first-order chi connectivity index (χ1) is 10.8. The number of anilines is 1. The number of carboxylic acids is 1. The summed E-state index contributed by atoms with van der Waals surface area (Å²) in [6.45, 7) is 1.90. The summed E-state index contributed by atoms with van der Waals surface area (Å²) in [5.74, 6) is -2.14. The van der Waals surface area contributed by atoms with Crippen LogP contribution in [0, 0.1) is 12.7 Å². The highest BCUT2D eigenvalue weighted by Gasteiger charge is 2.33. The first-order valence-corrected chi connectivity index (χ1v) is 8.40. The van der Waals surface area contributed by atoms with Crippen molar-refractivity contribution in [2.45, 2.75) is 18.2 Å². The van der Waals surface area contributed by atoms with E-state index in [1.807, 2.05) is 6.07 Å². The molecule has 1 heterocycles. The molecule has 0 amide bonds. The summed E-state index contributed by atoms with van der Waals surface area (Å²) >= 11 is 0. The molecule has 2 aromatic carbocycles. The molecule has 5 nitrogen and oxygen atoms in total. The highest BCUT2D eigenvalue weighted by atomic mass is 32.2. The van der Waals surface area contributed by atoms with Gasteiger partial charge in [-0.05, 0) is 48.7 Å². The van der Waals surface area contributed by atoms with Crippen molar-refractivity contribution < 1.29 is 22.7 Å². The molecule has 1 aliphatic rings. The Morgan fingerprint density at radius 2 is 1.96 bits per heavy atom. The molecule has 7 heteroatoms. The fraction of sp³-hybridized carbons (Fsp3) is 0.188. The lowest BCUT2D eigenvalue weighted by Crippen LogP contribution is -2.38. The second kappa shape index (κ2) is 5.34. The van der Waals surface area contributed by atoms with E-state index in [0.717, 1.165) is 15.9 Å². The molecule has 0 saturated carbocycles.